The van der Waals surface area contributed by atoms with Crippen molar-refractivity contribution in [1.82, 2.24) is 9.29 Å². The van der Waals surface area contributed by atoms with E-state index in [4.69, 9.17) is 0 Å². The summed E-state index contributed by atoms with van der Waals surface area (Å²) >= 11 is 1.26. The number of amides is 2. The molecule has 0 aliphatic carbocycles. The first-order chi connectivity index (χ1) is 12.7. The molecule has 2 amide bonds. The van der Waals surface area contributed by atoms with Gasteiger partial charge in [0.1, 0.15) is 0 Å². The standard InChI is InChI=1S/C17H20N4O4S2/c1-11-8-13-9-14(4-5-15(13)21(11)12(2)22)27(24,25)20(3)10-16(23)19-17-18-6-7-26-17/h4-7,9,11H,8,10H2,1-3H3,(H,18,19,23)/t11-/m1/s1. The SMILES string of the molecule is CC(=O)N1c2ccc(S(=O)(=O)N(C)CC(=O)Nc3nccs3)cc2C[C@H]1C. The lowest BCUT2D eigenvalue weighted by Gasteiger charge is -2.21. The molecule has 0 spiro atoms. The molecule has 2 aromatic rings. The van der Waals surface area contributed by atoms with Crippen LogP contribution in [0.25, 0.3) is 0 Å². The van der Waals surface area contributed by atoms with E-state index in [1.165, 1.54) is 31.4 Å². The van der Waals surface area contributed by atoms with Gasteiger partial charge in [-0.25, -0.2) is 13.4 Å². The lowest BCUT2D eigenvalue weighted by atomic mass is 10.1. The summed E-state index contributed by atoms with van der Waals surface area (Å²) in [4.78, 5) is 29.6. The van der Waals surface area contributed by atoms with Crippen molar-refractivity contribution in [3.05, 3.63) is 35.3 Å². The van der Waals surface area contributed by atoms with Crippen molar-refractivity contribution in [2.75, 3.05) is 23.8 Å². The number of sulfonamides is 1. The van der Waals surface area contributed by atoms with E-state index in [-0.39, 0.29) is 23.4 Å². The summed E-state index contributed by atoms with van der Waals surface area (Å²) in [7, 11) is -2.48. The number of aromatic nitrogens is 1. The molecule has 1 aliphatic rings. The van der Waals surface area contributed by atoms with Crippen molar-refractivity contribution in [2.24, 2.45) is 0 Å². The normalized spacial score (nSPS) is 16.4. The Morgan fingerprint density at radius 1 is 1.41 bits per heavy atom. The van der Waals surface area contributed by atoms with E-state index in [1.807, 2.05) is 6.92 Å². The molecule has 27 heavy (non-hydrogen) atoms. The molecule has 0 radical (unpaired) electrons. The van der Waals surface area contributed by atoms with Crippen LogP contribution >= 0.6 is 11.3 Å². The van der Waals surface area contributed by atoms with Gasteiger partial charge in [-0.3, -0.25) is 9.59 Å². The highest BCUT2D eigenvalue weighted by Gasteiger charge is 2.31. The maximum atomic E-state index is 12.8. The van der Waals surface area contributed by atoms with Crippen LogP contribution in [0.15, 0.2) is 34.7 Å². The molecule has 8 nitrogen and oxygen atoms in total. The van der Waals surface area contributed by atoms with Crippen LogP contribution in [0, 0.1) is 0 Å². The number of nitrogens with one attached hydrogen (secondary N) is 1. The molecule has 0 saturated carbocycles. The molecular weight excluding hydrogens is 388 g/mol. The minimum atomic E-state index is -3.84. The molecule has 0 unspecified atom stereocenters. The monoisotopic (exact) mass is 408 g/mol. The van der Waals surface area contributed by atoms with Crippen LogP contribution in [0.4, 0.5) is 10.8 Å². The summed E-state index contributed by atoms with van der Waals surface area (Å²) in [5.41, 5.74) is 1.54. The minimum Gasteiger partial charge on any atom is -0.309 e. The number of likely N-dealkylation sites (N-methyl/N-ethyl adjacent to an activating group) is 1. The van der Waals surface area contributed by atoms with Gasteiger partial charge in [0.2, 0.25) is 21.8 Å². The fourth-order valence-corrected chi connectivity index (χ4v) is 4.88. The molecule has 10 heteroatoms. The van der Waals surface area contributed by atoms with Gasteiger partial charge < -0.3 is 10.2 Å². The average molecular weight is 409 g/mol. The Balaban J connectivity index is 1.78. The van der Waals surface area contributed by atoms with Gasteiger partial charge >= 0.3 is 0 Å². The zero-order valence-corrected chi connectivity index (χ0v) is 16.8. The number of fused-ring (bicyclic) bond motifs is 1. The van der Waals surface area contributed by atoms with Gasteiger partial charge in [-0.2, -0.15) is 4.31 Å². The molecule has 1 atom stereocenters. The van der Waals surface area contributed by atoms with Gasteiger partial charge in [0.15, 0.2) is 5.13 Å². The number of carbonyl (C=O) groups excluding carboxylic acids is 2. The molecule has 1 aromatic heterocycles. The smallest absolute Gasteiger partial charge is 0.243 e. The van der Waals surface area contributed by atoms with Crippen LogP contribution in [0.5, 0.6) is 0 Å². The maximum Gasteiger partial charge on any atom is 0.243 e. The predicted octanol–water partition coefficient (Wildman–Crippen LogP) is 1.70. The van der Waals surface area contributed by atoms with Gasteiger partial charge in [-0.05, 0) is 37.1 Å². The lowest BCUT2D eigenvalue weighted by molar-refractivity contribution is -0.117. The average Bonchev–Trinajstić information content (AvgIpc) is 3.19. The first-order valence-electron chi connectivity index (χ1n) is 8.28. The van der Waals surface area contributed by atoms with Crippen LogP contribution in [0.3, 0.4) is 0 Å². The fourth-order valence-electron chi connectivity index (χ4n) is 3.16. The second-order valence-corrected chi connectivity index (χ2v) is 9.32. The number of rotatable bonds is 5. The number of nitrogens with zero attached hydrogens (tertiary/aromatic N) is 3. The number of hydrogen-bond acceptors (Lipinski definition) is 6. The minimum absolute atomic E-state index is 0.0164. The van der Waals surface area contributed by atoms with Crippen LogP contribution in [0.1, 0.15) is 19.4 Å². The Labute approximate surface area is 161 Å². The first-order valence-corrected chi connectivity index (χ1v) is 10.6. The molecule has 144 valence electrons. The Morgan fingerprint density at radius 2 is 2.15 bits per heavy atom. The van der Waals surface area contributed by atoms with Crippen LogP contribution < -0.4 is 10.2 Å². The van der Waals surface area contributed by atoms with Gasteiger partial charge in [-0.15, -0.1) is 11.3 Å². The van der Waals surface area contributed by atoms with Crippen LogP contribution in [-0.2, 0) is 26.0 Å². The Kier molecular flexibility index (Phi) is 5.31. The predicted molar refractivity (Wildman–Crippen MR) is 103 cm³/mol. The molecule has 0 saturated heterocycles. The molecule has 0 bridgehead atoms. The number of thiazole rings is 1. The molecule has 2 heterocycles. The quantitative estimate of drug-likeness (QED) is 0.812. The van der Waals surface area contributed by atoms with E-state index in [1.54, 1.807) is 28.6 Å². The van der Waals surface area contributed by atoms with E-state index in [0.717, 1.165) is 15.6 Å². The van der Waals surface area contributed by atoms with E-state index in [0.29, 0.717) is 11.6 Å². The number of anilines is 2. The van der Waals surface area contributed by atoms with E-state index in [9.17, 15) is 18.0 Å². The van der Waals surface area contributed by atoms with Gasteiger partial charge in [0.25, 0.3) is 0 Å². The summed E-state index contributed by atoms with van der Waals surface area (Å²) in [5, 5.41) is 4.69. The van der Waals surface area contributed by atoms with Crippen molar-refractivity contribution in [3.8, 4) is 0 Å². The third kappa shape index (κ3) is 3.87. The van der Waals surface area contributed by atoms with Crippen molar-refractivity contribution < 1.29 is 18.0 Å². The highest BCUT2D eigenvalue weighted by molar-refractivity contribution is 7.89. The van der Waals surface area contributed by atoms with E-state index < -0.39 is 15.9 Å². The third-order valence-electron chi connectivity index (χ3n) is 4.36. The van der Waals surface area contributed by atoms with E-state index >= 15 is 0 Å². The summed E-state index contributed by atoms with van der Waals surface area (Å²) in [5.74, 6) is -0.540. The van der Waals surface area contributed by atoms with Crippen molar-refractivity contribution in [1.29, 1.82) is 0 Å². The first kappa shape index (κ1) is 19.5. The second kappa shape index (κ2) is 7.37. The number of carbonyl (C=O) groups is 2. The second-order valence-electron chi connectivity index (χ2n) is 6.38. The van der Waals surface area contributed by atoms with Crippen molar-refractivity contribution in [2.45, 2.75) is 31.2 Å². The lowest BCUT2D eigenvalue weighted by Crippen LogP contribution is -2.35. The van der Waals surface area contributed by atoms with Gasteiger partial charge in [0.05, 0.1) is 11.4 Å². The Hall–Kier alpha value is -2.30. The molecule has 3 rings (SSSR count). The van der Waals surface area contributed by atoms with E-state index in [2.05, 4.69) is 10.3 Å². The molecule has 0 fully saturated rings. The zero-order valence-electron chi connectivity index (χ0n) is 15.2. The number of benzene rings is 1. The molecule has 1 aromatic carbocycles. The Bertz CT molecular complexity index is 973. The highest BCUT2D eigenvalue weighted by Crippen LogP contribution is 2.34. The van der Waals surface area contributed by atoms with Gasteiger partial charge in [0, 0.05) is 37.3 Å². The maximum absolute atomic E-state index is 12.8. The summed E-state index contributed by atoms with van der Waals surface area (Å²) in [6, 6.07) is 4.69. The summed E-state index contributed by atoms with van der Waals surface area (Å²) < 4.78 is 26.6. The largest absolute Gasteiger partial charge is 0.309 e. The zero-order chi connectivity index (χ0) is 19.8. The summed E-state index contributed by atoms with van der Waals surface area (Å²) in [6.07, 6.45) is 2.14. The Morgan fingerprint density at radius 3 is 2.78 bits per heavy atom. The van der Waals surface area contributed by atoms with Crippen molar-refractivity contribution >= 4 is 44.0 Å². The molecule has 1 aliphatic heterocycles. The molecular formula is C17H20N4O4S2. The number of hydrogen-bond donors (Lipinski definition) is 1. The van der Waals surface area contributed by atoms with Gasteiger partial charge in [-0.1, -0.05) is 0 Å². The van der Waals surface area contributed by atoms with Crippen LogP contribution in [0.2, 0.25) is 0 Å². The summed E-state index contributed by atoms with van der Waals surface area (Å²) in [6.45, 7) is 3.09. The van der Waals surface area contributed by atoms with Crippen LogP contribution in [-0.4, -0.2) is 49.2 Å². The third-order valence-corrected chi connectivity index (χ3v) is 6.85. The molecule has 1 N–H and O–H groups in total. The topological polar surface area (TPSA) is 99.7 Å². The van der Waals surface area contributed by atoms with Crippen molar-refractivity contribution in [3.63, 3.8) is 0 Å². The highest BCUT2D eigenvalue weighted by atomic mass is 32.2. The fraction of sp³-hybridized carbons (Fsp3) is 0.353.